The van der Waals surface area contributed by atoms with E-state index in [9.17, 15) is 0 Å². The van der Waals surface area contributed by atoms with Crippen LogP contribution in [0.1, 0.15) is 27.8 Å². The van der Waals surface area contributed by atoms with Crippen LogP contribution < -0.4 is 5.73 Å². The fraction of sp³-hybridized carbons (Fsp3) is 0.312. The molecule has 0 amide bonds. The van der Waals surface area contributed by atoms with Gasteiger partial charge in [-0.2, -0.15) is 0 Å². The van der Waals surface area contributed by atoms with Crippen molar-refractivity contribution >= 4 is 5.82 Å². The lowest BCUT2D eigenvalue weighted by Gasteiger charge is -2.19. The summed E-state index contributed by atoms with van der Waals surface area (Å²) in [5, 5.41) is 0. The van der Waals surface area contributed by atoms with Gasteiger partial charge in [0.2, 0.25) is 0 Å². The van der Waals surface area contributed by atoms with E-state index in [2.05, 4.69) is 39.6 Å². The largest absolute Gasteiger partial charge is 0.384 e. The summed E-state index contributed by atoms with van der Waals surface area (Å²) in [7, 11) is 0. The van der Waals surface area contributed by atoms with E-state index in [-0.39, 0.29) is 0 Å². The second-order valence-corrected chi connectivity index (χ2v) is 4.97. The van der Waals surface area contributed by atoms with Gasteiger partial charge in [-0.15, -0.1) is 0 Å². The fourth-order valence-electron chi connectivity index (χ4n) is 2.54. The minimum absolute atomic E-state index is 0.571. The number of hydrogen-bond donors (Lipinski definition) is 1. The Labute approximate surface area is 109 Å². The highest BCUT2D eigenvalue weighted by Crippen LogP contribution is 2.34. The van der Waals surface area contributed by atoms with Gasteiger partial charge in [-0.25, -0.2) is 4.98 Å². The predicted molar refractivity (Wildman–Crippen MR) is 77.8 cm³/mol. The van der Waals surface area contributed by atoms with Crippen LogP contribution in [0.4, 0.5) is 5.82 Å². The minimum Gasteiger partial charge on any atom is -0.384 e. The molecule has 0 aliphatic carbocycles. The van der Waals surface area contributed by atoms with Crippen LogP contribution in [0.5, 0.6) is 0 Å². The lowest BCUT2D eigenvalue weighted by Crippen LogP contribution is -2.00. The van der Waals surface area contributed by atoms with Gasteiger partial charge in [0.25, 0.3) is 0 Å². The van der Waals surface area contributed by atoms with Crippen molar-refractivity contribution < 1.29 is 0 Å². The second kappa shape index (κ2) is 4.45. The van der Waals surface area contributed by atoms with Gasteiger partial charge in [0.1, 0.15) is 5.82 Å². The number of hydrogen-bond acceptors (Lipinski definition) is 2. The number of anilines is 1. The molecule has 18 heavy (non-hydrogen) atoms. The van der Waals surface area contributed by atoms with Crippen LogP contribution in [0.3, 0.4) is 0 Å². The van der Waals surface area contributed by atoms with Gasteiger partial charge in [-0.3, -0.25) is 0 Å². The molecule has 0 bridgehead atoms. The van der Waals surface area contributed by atoms with Gasteiger partial charge in [0.05, 0.1) is 0 Å². The Balaban J connectivity index is 2.80. The molecule has 1 aromatic heterocycles. The van der Waals surface area contributed by atoms with Gasteiger partial charge in [-0.1, -0.05) is 0 Å². The molecule has 0 aliphatic rings. The Kier molecular flexibility index (Phi) is 3.12. The standard InChI is InChI=1S/C16H20N2/c1-9-10(2)12(4)16(13(5)11(9)3)14-6-7-18-15(17)8-14/h6-8H,1-5H3,(H2,17,18). The molecule has 2 N–H and O–H groups in total. The number of nitrogens with two attached hydrogens (primary N) is 1. The summed E-state index contributed by atoms with van der Waals surface area (Å²) in [6.45, 7) is 10.9. The first-order valence-corrected chi connectivity index (χ1v) is 6.22. The van der Waals surface area contributed by atoms with E-state index in [1.54, 1.807) is 6.20 Å². The zero-order chi connectivity index (χ0) is 13.4. The van der Waals surface area contributed by atoms with Crippen molar-refractivity contribution in [3.05, 3.63) is 46.1 Å². The number of nitrogens with zero attached hydrogens (tertiary/aromatic N) is 1. The van der Waals surface area contributed by atoms with Crippen LogP contribution in [0, 0.1) is 34.6 Å². The summed E-state index contributed by atoms with van der Waals surface area (Å²) < 4.78 is 0. The van der Waals surface area contributed by atoms with Gasteiger partial charge in [0.15, 0.2) is 0 Å². The molecule has 2 rings (SSSR count). The van der Waals surface area contributed by atoms with Crippen molar-refractivity contribution in [1.29, 1.82) is 0 Å². The van der Waals surface area contributed by atoms with E-state index in [4.69, 9.17) is 5.73 Å². The zero-order valence-corrected chi connectivity index (χ0v) is 11.8. The molecule has 1 heterocycles. The highest BCUT2D eigenvalue weighted by molar-refractivity contribution is 5.75. The Morgan fingerprint density at radius 2 is 1.33 bits per heavy atom. The highest BCUT2D eigenvalue weighted by atomic mass is 14.8. The number of nitrogen functional groups attached to an aromatic ring is 1. The fourth-order valence-corrected chi connectivity index (χ4v) is 2.54. The maximum Gasteiger partial charge on any atom is 0.123 e. The number of rotatable bonds is 1. The zero-order valence-electron chi connectivity index (χ0n) is 11.8. The summed E-state index contributed by atoms with van der Waals surface area (Å²) >= 11 is 0. The minimum atomic E-state index is 0.571. The Bertz CT molecular complexity index is 584. The van der Waals surface area contributed by atoms with Crippen LogP contribution >= 0.6 is 0 Å². The van der Waals surface area contributed by atoms with E-state index in [0.717, 1.165) is 5.56 Å². The molecule has 1 aromatic carbocycles. The summed E-state index contributed by atoms with van der Waals surface area (Å²) in [5.41, 5.74) is 15.0. The Morgan fingerprint density at radius 3 is 1.83 bits per heavy atom. The molecule has 2 nitrogen and oxygen atoms in total. The van der Waals surface area contributed by atoms with Crippen LogP contribution in [0.2, 0.25) is 0 Å². The third-order valence-corrected chi connectivity index (χ3v) is 4.07. The first-order chi connectivity index (χ1) is 8.43. The quantitative estimate of drug-likeness (QED) is 0.821. The smallest absolute Gasteiger partial charge is 0.123 e. The predicted octanol–water partition coefficient (Wildman–Crippen LogP) is 3.87. The second-order valence-electron chi connectivity index (χ2n) is 4.97. The third kappa shape index (κ3) is 1.88. The van der Waals surface area contributed by atoms with Crippen LogP contribution in [-0.4, -0.2) is 4.98 Å². The summed E-state index contributed by atoms with van der Waals surface area (Å²) in [6.07, 6.45) is 1.77. The van der Waals surface area contributed by atoms with Crippen molar-refractivity contribution in [2.45, 2.75) is 34.6 Å². The van der Waals surface area contributed by atoms with Gasteiger partial charge in [-0.05, 0) is 85.7 Å². The molecular formula is C16H20N2. The van der Waals surface area contributed by atoms with Crippen molar-refractivity contribution in [2.75, 3.05) is 5.73 Å². The molecule has 94 valence electrons. The number of pyridine rings is 1. The highest BCUT2D eigenvalue weighted by Gasteiger charge is 2.13. The van der Waals surface area contributed by atoms with Crippen LogP contribution in [0.25, 0.3) is 11.1 Å². The van der Waals surface area contributed by atoms with Gasteiger partial charge >= 0.3 is 0 Å². The van der Waals surface area contributed by atoms with Crippen LogP contribution in [-0.2, 0) is 0 Å². The van der Waals surface area contributed by atoms with E-state index < -0.39 is 0 Å². The van der Waals surface area contributed by atoms with Crippen molar-refractivity contribution in [2.24, 2.45) is 0 Å². The van der Waals surface area contributed by atoms with E-state index in [1.165, 1.54) is 33.4 Å². The number of aromatic nitrogens is 1. The lowest BCUT2D eigenvalue weighted by atomic mass is 9.86. The van der Waals surface area contributed by atoms with Crippen LogP contribution in [0.15, 0.2) is 18.3 Å². The SMILES string of the molecule is Cc1c(C)c(C)c(-c2ccnc(N)c2)c(C)c1C. The Hall–Kier alpha value is -1.83. The van der Waals surface area contributed by atoms with Crippen molar-refractivity contribution in [3.8, 4) is 11.1 Å². The molecule has 0 saturated carbocycles. The van der Waals surface area contributed by atoms with Gasteiger partial charge < -0.3 is 5.73 Å². The first kappa shape index (κ1) is 12.6. The van der Waals surface area contributed by atoms with E-state index in [1.807, 2.05) is 12.1 Å². The average molecular weight is 240 g/mol. The molecule has 2 aromatic rings. The molecule has 0 fully saturated rings. The Morgan fingerprint density at radius 1 is 0.833 bits per heavy atom. The van der Waals surface area contributed by atoms with Gasteiger partial charge in [0, 0.05) is 6.20 Å². The van der Waals surface area contributed by atoms with Crippen molar-refractivity contribution in [3.63, 3.8) is 0 Å². The topological polar surface area (TPSA) is 38.9 Å². The number of benzene rings is 1. The molecule has 0 aliphatic heterocycles. The first-order valence-electron chi connectivity index (χ1n) is 6.22. The molecule has 0 spiro atoms. The maximum atomic E-state index is 5.79. The molecule has 0 saturated heterocycles. The molecule has 0 atom stereocenters. The summed E-state index contributed by atoms with van der Waals surface area (Å²) in [6, 6.07) is 3.98. The van der Waals surface area contributed by atoms with Crippen molar-refractivity contribution in [1.82, 2.24) is 4.98 Å². The average Bonchev–Trinajstić information content (AvgIpc) is 2.34. The van der Waals surface area contributed by atoms with E-state index in [0.29, 0.717) is 5.82 Å². The van der Waals surface area contributed by atoms with E-state index >= 15 is 0 Å². The lowest BCUT2D eigenvalue weighted by molar-refractivity contribution is 1.18. The molecule has 0 radical (unpaired) electrons. The normalized spacial score (nSPS) is 10.7. The molecule has 2 heteroatoms. The molecular weight excluding hydrogens is 220 g/mol. The monoisotopic (exact) mass is 240 g/mol. The maximum absolute atomic E-state index is 5.79. The molecule has 0 unspecified atom stereocenters. The summed E-state index contributed by atoms with van der Waals surface area (Å²) in [5.74, 6) is 0.571. The third-order valence-electron chi connectivity index (χ3n) is 4.07. The summed E-state index contributed by atoms with van der Waals surface area (Å²) in [4.78, 5) is 4.06.